The van der Waals surface area contributed by atoms with E-state index in [4.69, 9.17) is 20.8 Å². The summed E-state index contributed by atoms with van der Waals surface area (Å²) in [5.74, 6) is 1.19. The summed E-state index contributed by atoms with van der Waals surface area (Å²) >= 11 is 8.68. The van der Waals surface area contributed by atoms with Gasteiger partial charge in [-0.05, 0) is 79.3 Å². The van der Waals surface area contributed by atoms with Gasteiger partial charge in [0.1, 0.15) is 11.5 Å². The quantitative estimate of drug-likeness (QED) is 0.436. The Hall–Kier alpha value is -2.61. The van der Waals surface area contributed by atoms with Crippen molar-refractivity contribution in [3.8, 4) is 5.75 Å². The lowest BCUT2D eigenvalue weighted by molar-refractivity contribution is -0.115. The average molecular weight is 457 g/mol. The van der Waals surface area contributed by atoms with Gasteiger partial charge in [-0.3, -0.25) is 4.79 Å². The minimum atomic E-state index is -0.201. The number of amidine groups is 1. The molecule has 1 saturated heterocycles. The monoisotopic (exact) mass is 456 g/mol. The van der Waals surface area contributed by atoms with Gasteiger partial charge < -0.3 is 14.5 Å². The number of thioether (sulfide) groups is 1. The summed E-state index contributed by atoms with van der Waals surface area (Å²) in [6.07, 6.45) is 1.71. The second-order valence-corrected chi connectivity index (χ2v) is 8.67. The highest BCUT2D eigenvalue weighted by Crippen LogP contribution is 2.33. The lowest BCUT2D eigenvalue weighted by Crippen LogP contribution is -2.19. The number of ether oxygens (including phenoxy) is 1. The molecule has 1 fully saturated rings. The number of rotatable bonds is 6. The number of benzene rings is 2. The lowest BCUT2D eigenvalue weighted by Gasteiger charge is -2.02. The first kappa shape index (κ1) is 20.7. The molecule has 0 unspecified atom stereocenters. The Morgan fingerprint density at radius 1 is 1.13 bits per heavy atom. The maximum atomic E-state index is 12.3. The second-order valence-electron chi connectivity index (χ2n) is 6.12. The molecule has 1 N–H and O–H groups in total. The Kier molecular flexibility index (Phi) is 6.52. The lowest BCUT2D eigenvalue weighted by atomic mass is 10.3. The molecule has 152 valence electrons. The third-order valence-corrected chi connectivity index (χ3v) is 6.03. The van der Waals surface area contributed by atoms with E-state index in [0.29, 0.717) is 27.5 Å². The predicted molar refractivity (Wildman–Crippen MR) is 123 cm³/mol. The van der Waals surface area contributed by atoms with Crippen LogP contribution in [0.2, 0.25) is 5.02 Å². The summed E-state index contributed by atoms with van der Waals surface area (Å²) in [6.45, 7) is 2.55. The van der Waals surface area contributed by atoms with Crippen LogP contribution in [0.15, 0.2) is 85.0 Å². The van der Waals surface area contributed by atoms with E-state index in [0.717, 1.165) is 21.4 Å². The number of nitrogens with one attached hydrogen (secondary N) is 1. The van der Waals surface area contributed by atoms with Crippen molar-refractivity contribution in [1.29, 1.82) is 0 Å². The summed E-state index contributed by atoms with van der Waals surface area (Å²) in [7, 11) is 0. The topological polar surface area (TPSA) is 63.8 Å². The Labute approximate surface area is 187 Å². The van der Waals surface area contributed by atoms with E-state index in [2.05, 4.69) is 10.3 Å². The highest BCUT2D eigenvalue weighted by atomic mass is 35.5. The molecule has 5 nitrogen and oxygen atoms in total. The predicted octanol–water partition coefficient (Wildman–Crippen LogP) is 6.37. The summed E-state index contributed by atoms with van der Waals surface area (Å²) in [5, 5.41) is 4.73. The van der Waals surface area contributed by atoms with E-state index < -0.39 is 0 Å². The fourth-order valence-corrected chi connectivity index (χ4v) is 4.32. The van der Waals surface area contributed by atoms with Crippen LogP contribution in [0, 0.1) is 0 Å². The first-order chi connectivity index (χ1) is 14.6. The van der Waals surface area contributed by atoms with Gasteiger partial charge in [0.25, 0.3) is 5.91 Å². The molecule has 0 bridgehead atoms. The fourth-order valence-electron chi connectivity index (χ4n) is 2.60. The SMILES string of the molecule is CCOc1ccc(N=C2NC(=O)C(=Cc3ccc(Sc4ccc(Cl)cc4)o3)S2)cc1. The average Bonchev–Trinajstić information content (AvgIpc) is 3.32. The van der Waals surface area contributed by atoms with E-state index in [-0.39, 0.29) is 5.91 Å². The molecule has 0 radical (unpaired) electrons. The van der Waals surface area contributed by atoms with Gasteiger partial charge in [-0.15, -0.1) is 0 Å². The molecule has 1 aliphatic rings. The van der Waals surface area contributed by atoms with Crippen LogP contribution in [0.4, 0.5) is 5.69 Å². The van der Waals surface area contributed by atoms with Gasteiger partial charge in [0, 0.05) is 16.0 Å². The number of furan rings is 1. The van der Waals surface area contributed by atoms with Gasteiger partial charge in [-0.1, -0.05) is 23.4 Å². The molecule has 4 rings (SSSR count). The first-order valence-electron chi connectivity index (χ1n) is 9.15. The van der Waals surface area contributed by atoms with Gasteiger partial charge in [0.05, 0.1) is 17.2 Å². The van der Waals surface area contributed by atoms with Crippen molar-refractivity contribution in [2.24, 2.45) is 4.99 Å². The van der Waals surface area contributed by atoms with Crippen LogP contribution in [-0.2, 0) is 4.79 Å². The number of carbonyl (C=O) groups excluding carboxylic acids is 1. The van der Waals surface area contributed by atoms with Crippen molar-refractivity contribution in [3.63, 3.8) is 0 Å². The largest absolute Gasteiger partial charge is 0.494 e. The van der Waals surface area contributed by atoms with Crippen LogP contribution in [0.25, 0.3) is 6.08 Å². The fraction of sp³-hybridized carbons (Fsp3) is 0.0909. The number of carbonyl (C=O) groups is 1. The number of amides is 1. The van der Waals surface area contributed by atoms with Crippen LogP contribution in [0.3, 0.4) is 0 Å². The summed E-state index contributed by atoms with van der Waals surface area (Å²) in [4.78, 5) is 18.3. The van der Waals surface area contributed by atoms with Crippen molar-refractivity contribution < 1.29 is 13.9 Å². The highest BCUT2D eigenvalue weighted by Gasteiger charge is 2.24. The van der Waals surface area contributed by atoms with Crippen LogP contribution >= 0.6 is 35.1 Å². The summed E-state index contributed by atoms with van der Waals surface area (Å²) in [5.41, 5.74) is 0.738. The smallest absolute Gasteiger partial charge is 0.264 e. The molecule has 2 aromatic carbocycles. The molecule has 0 spiro atoms. The zero-order valence-corrected chi connectivity index (χ0v) is 18.3. The van der Waals surface area contributed by atoms with Gasteiger partial charge in [0.15, 0.2) is 10.3 Å². The van der Waals surface area contributed by atoms with Gasteiger partial charge in [-0.2, -0.15) is 0 Å². The highest BCUT2D eigenvalue weighted by molar-refractivity contribution is 8.18. The molecule has 0 saturated carbocycles. The zero-order chi connectivity index (χ0) is 20.9. The van der Waals surface area contributed by atoms with Crippen LogP contribution in [0.1, 0.15) is 12.7 Å². The van der Waals surface area contributed by atoms with Gasteiger partial charge in [0.2, 0.25) is 0 Å². The molecule has 1 aliphatic heterocycles. The molecule has 1 amide bonds. The zero-order valence-electron chi connectivity index (χ0n) is 15.9. The molecule has 3 aromatic rings. The molecule has 8 heteroatoms. The van der Waals surface area contributed by atoms with Crippen molar-refractivity contribution in [1.82, 2.24) is 5.32 Å². The maximum absolute atomic E-state index is 12.3. The summed E-state index contributed by atoms with van der Waals surface area (Å²) in [6, 6.07) is 18.6. The number of hydrogen-bond acceptors (Lipinski definition) is 6. The van der Waals surface area contributed by atoms with Crippen molar-refractivity contribution in [2.75, 3.05) is 6.61 Å². The molecular weight excluding hydrogens is 440 g/mol. The van der Waals surface area contributed by atoms with Crippen LogP contribution in [-0.4, -0.2) is 17.7 Å². The van der Waals surface area contributed by atoms with Crippen LogP contribution in [0.5, 0.6) is 5.75 Å². The molecule has 30 heavy (non-hydrogen) atoms. The summed E-state index contributed by atoms with van der Waals surface area (Å²) < 4.78 is 11.2. The number of nitrogens with zero attached hydrogens (tertiary/aromatic N) is 1. The van der Waals surface area contributed by atoms with E-state index in [1.165, 1.54) is 23.5 Å². The van der Waals surface area contributed by atoms with Crippen LogP contribution < -0.4 is 10.1 Å². The molecule has 0 aliphatic carbocycles. The Bertz CT molecular complexity index is 1110. The van der Waals surface area contributed by atoms with E-state index in [1.54, 1.807) is 6.08 Å². The molecule has 0 atom stereocenters. The Morgan fingerprint density at radius 3 is 2.63 bits per heavy atom. The normalized spacial score (nSPS) is 16.3. The van der Waals surface area contributed by atoms with Crippen molar-refractivity contribution in [3.05, 3.63) is 76.4 Å². The molecule has 1 aromatic heterocycles. The van der Waals surface area contributed by atoms with Crippen molar-refractivity contribution >= 4 is 58.0 Å². The standard InChI is InChI=1S/C22H17ClN2O3S2/c1-2-27-16-7-5-15(6-8-16)24-22-25-21(26)19(30-22)13-17-9-12-20(28-17)29-18-10-3-14(23)4-11-18/h3-13H,2H2,1H3,(H,24,25,26). The Balaban J connectivity index is 1.43. The number of hydrogen-bond donors (Lipinski definition) is 1. The Morgan fingerprint density at radius 2 is 1.90 bits per heavy atom. The van der Waals surface area contributed by atoms with Gasteiger partial charge >= 0.3 is 0 Å². The third-order valence-electron chi connectivity index (χ3n) is 3.94. The van der Waals surface area contributed by atoms with Crippen molar-refractivity contribution in [2.45, 2.75) is 16.9 Å². The second kappa shape index (κ2) is 9.47. The third kappa shape index (κ3) is 5.30. The van der Waals surface area contributed by atoms with E-state index >= 15 is 0 Å². The van der Waals surface area contributed by atoms with Gasteiger partial charge in [-0.25, -0.2) is 4.99 Å². The number of aliphatic imine (C=N–C) groups is 1. The first-order valence-corrected chi connectivity index (χ1v) is 11.2. The minimum Gasteiger partial charge on any atom is -0.494 e. The number of halogens is 1. The molecule has 2 heterocycles. The maximum Gasteiger partial charge on any atom is 0.264 e. The molecular formula is C22H17ClN2O3S2. The van der Waals surface area contributed by atoms with E-state index in [1.807, 2.05) is 67.6 Å². The van der Waals surface area contributed by atoms with E-state index in [9.17, 15) is 4.79 Å². The minimum absolute atomic E-state index is 0.201.